The van der Waals surface area contributed by atoms with E-state index in [1.807, 2.05) is 0 Å². The topological polar surface area (TPSA) is 138 Å². The molecule has 1 heterocycles. The van der Waals surface area contributed by atoms with E-state index in [4.69, 9.17) is 4.74 Å². The maximum Gasteiger partial charge on any atom is 0.328 e. The van der Waals surface area contributed by atoms with Crippen molar-refractivity contribution in [2.75, 3.05) is 7.11 Å². The molecule has 0 fully saturated rings. The third kappa shape index (κ3) is 5.14. The number of aliphatic hydroxyl groups is 2. The van der Waals surface area contributed by atoms with E-state index in [0.29, 0.717) is 0 Å². The lowest BCUT2D eigenvalue weighted by atomic mass is 9.89. The summed E-state index contributed by atoms with van der Waals surface area (Å²) in [6.45, 7) is 3.51. The van der Waals surface area contributed by atoms with E-state index in [0.717, 1.165) is 0 Å². The Morgan fingerprint density at radius 3 is 2.54 bits per heavy atom. The number of nitrogens with zero attached hydrogens (tertiary/aromatic N) is 1. The van der Waals surface area contributed by atoms with Gasteiger partial charge < -0.3 is 25.6 Å². The highest BCUT2D eigenvalue weighted by atomic mass is 16.5. The molecule has 1 aromatic heterocycles. The van der Waals surface area contributed by atoms with Gasteiger partial charge in [0.1, 0.15) is 12.1 Å². The summed E-state index contributed by atoms with van der Waals surface area (Å²) in [6.07, 6.45) is 1.62. The van der Waals surface area contributed by atoms with Gasteiger partial charge in [0, 0.05) is 24.4 Å². The maximum atomic E-state index is 12.6. The van der Waals surface area contributed by atoms with Gasteiger partial charge in [-0.05, 0) is 18.1 Å². The Morgan fingerprint density at radius 2 is 1.96 bits per heavy atom. The molecule has 0 aliphatic heterocycles. The summed E-state index contributed by atoms with van der Waals surface area (Å²) in [4.78, 5) is 40.6. The van der Waals surface area contributed by atoms with Crippen LogP contribution in [0.1, 0.15) is 30.6 Å². The zero-order chi connectivity index (χ0) is 20.8. The average Bonchev–Trinajstić information content (AvgIpc) is 2.68. The first-order chi connectivity index (χ1) is 13.2. The van der Waals surface area contributed by atoms with Crippen molar-refractivity contribution in [2.45, 2.75) is 44.6 Å². The predicted octanol–water partition coefficient (Wildman–Crippen LogP) is -0.454. The van der Waals surface area contributed by atoms with Crippen LogP contribution in [0.3, 0.4) is 0 Å². The molecule has 0 spiro atoms. The molecule has 0 saturated heterocycles. The SMILES string of the molecule is COC(=O)C(NC(=O)C1=CC(NC(=O)c2cccnc2)C(O)C(O)C1)C(C)C. The van der Waals surface area contributed by atoms with Crippen molar-refractivity contribution in [3.05, 3.63) is 41.7 Å². The summed E-state index contributed by atoms with van der Waals surface area (Å²) in [5.74, 6) is -1.87. The highest BCUT2D eigenvalue weighted by Gasteiger charge is 2.35. The lowest BCUT2D eigenvalue weighted by Gasteiger charge is -2.31. The Kier molecular flexibility index (Phi) is 7.24. The third-order valence-corrected chi connectivity index (χ3v) is 4.49. The summed E-state index contributed by atoms with van der Waals surface area (Å²) in [5.41, 5.74) is 0.434. The molecule has 0 bridgehead atoms. The fraction of sp³-hybridized carbons (Fsp3) is 0.474. The fourth-order valence-corrected chi connectivity index (χ4v) is 2.85. The number of aromatic nitrogens is 1. The second-order valence-electron chi connectivity index (χ2n) is 6.91. The number of ether oxygens (including phenoxy) is 1. The van der Waals surface area contributed by atoms with Crippen LogP contribution < -0.4 is 10.6 Å². The molecule has 0 aromatic carbocycles. The maximum absolute atomic E-state index is 12.6. The first-order valence-corrected chi connectivity index (χ1v) is 8.91. The summed E-state index contributed by atoms with van der Waals surface area (Å²) in [7, 11) is 1.23. The molecular weight excluding hydrogens is 366 g/mol. The largest absolute Gasteiger partial charge is 0.467 e. The first kappa shape index (κ1) is 21.5. The number of rotatable bonds is 6. The minimum absolute atomic E-state index is 0.113. The Bertz CT molecular complexity index is 749. The molecule has 0 radical (unpaired) electrons. The number of amides is 2. The van der Waals surface area contributed by atoms with E-state index in [-0.39, 0.29) is 23.5 Å². The number of nitrogens with one attached hydrogen (secondary N) is 2. The van der Waals surface area contributed by atoms with Crippen molar-refractivity contribution in [3.63, 3.8) is 0 Å². The molecule has 1 aromatic rings. The number of methoxy groups -OCH3 is 1. The number of aliphatic hydroxyl groups excluding tert-OH is 2. The standard InChI is InChI=1S/C19H25N3O6/c1-10(2)15(19(27)28-3)22-18(26)12-7-13(16(24)14(23)8-12)21-17(25)11-5-4-6-20-9-11/h4-7,9-10,13-16,23-24H,8H2,1-3H3,(H,21,25)(H,22,26). The van der Waals surface area contributed by atoms with Gasteiger partial charge in [0.2, 0.25) is 5.91 Å². The number of hydrogen-bond acceptors (Lipinski definition) is 7. The van der Waals surface area contributed by atoms with Gasteiger partial charge in [-0.15, -0.1) is 0 Å². The van der Waals surface area contributed by atoms with Crippen LogP contribution in [0.25, 0.3) is 0 Å². The lowest BCUT2D eigenvalue weighted by Crippen LogP contribution is -2.52. The van der Waals surface area contributed by atoms with Gasteiger partial charge in [-0.2, -0.15) is 0 Å². The predicted molar refractivity (Wildman–Crippen MR) is 99.0 cm³/mol. The normalized spacial score (nSPS) is 22.8. The van der Waals surface area contributed by atoms with Gasteiger partial charge in [-0.1, -0.05) is 19.9 Å². The number of carbonyl (C=O) groups is 3. The smallest absolute Gasteiger partial charge is 0.328 e. The van der Waals surface area contributed by atoms with Crippen LogP contribution in [-0.2, 0) is 14.3 Å². The van der Waals surface area contributed by atoms with Gasteiger partial charge in [0.05, 0.1) is 24.8 Å². The van der Waals surface area contributed by atoms with Crippen molar-refractivity contribution >= 4 is 17.8 Å². The molecule has 9 nitrogen and oxygen atoms in total. The fourth-order valence-electron chi connectivity index (χ4n) is 2.85. The van der Waals surface area contributed by atoms with Gasteiger partial charge >= 0.3 is 5.97 Å². The second-order valence-corrected chi connectivity index (χ2v) is 6.91. The van der Waals surface area contributed by atoms with E-state index in [2.05, 4.69) is 15.6 Å². The van der Waals surface area contributed by atoms with Crippen LogP contribution in [0.15, 0.2) is 36.2 Å². The van der Waals surface area contributed by atoms with E-state index < -0.39 is 42.1 Å². The second kappa shape index (κ2) is 9.43. The van der Waals surface area contributed by atoms with Crippen molar-refractivity contribution in [1.29, 1.82) is 0 Å². The van der Waals surface area contributed by atoms with Crippen LogP contribution in [0.5, 0.6) is 0 Å². The molecule has 4 unspecified atom stereocenters. The quantitative estimate of drug-likeness (QED) is 0.482. The summed E-state index contributed by atoms with van der Waals surface area (Å²) in [5, 5.41) is 25.5. The third-order valence-electron chi connectivity index (χ3n) is 4.49. The molecule has 28 heavy (non-hydrogen) atoms. The lowest BCUT2D eigenvalue weighted by molar-refractivity contribution is -0.146. The van der Waals surface area contributed by atoms with Crippen molar-refractivity contribution in [1.82, 2.24) is 15.6 Å². The average molecular weight is 391 g/mol. The Balaban J connectivity index is 2.16. The molecule has 4 N–H and O–H groups in total. The number of esters is 1. The van der Waals surface area contributed by atoms with E-state index in [9.17, 15) is 24.6 Å². The Hall–Kier alpha value is -2.78. The molecule has 0 saturated carbocycles. The van der Waals surface area contributed by atoms with Crippen LogP contribution in [0.2, 0.25) is 0 Å². The first-order valence-electron chi connectivity index (χ1n) is 8.91. The summed E-state index contributed by atoms with van der Waals surface area (Å²) >= 11 is 0. The van der Waals surface area contributed by atoms with E-state index in [1.165, 1.54) is 25.6 Å². The molecule has 2 rings (SSSR count). The van der Waals surface area contributed by atoms with E-state index in [1.54, 1.807) is 26.0 Å². The Morgan fingerprint density at radius 1 is 1.25 bits per heavy atom. The van der Waals surface area contributed by atoms with Gasteiger partial charge in [-0.3, -0.25) is 14.6 Å². The van der Waals surface area contributed by atoms with Crippen molar-refractivity contribution < 1.29 is 29.3 Å². The van der Waals surface area contributed by atoms with Gasteiger partial charge in [0.15, 0.2) is 0 Å². The number of carbonyl (C=O) groups excluding carboxylic acids is 3. The number of hydrogen-bond donors (Lipinski definition) is 4. The molecule has 2 amide bonds. The zero-order valence-corrected chi connectivity index (χ0v) is 16.0. The summed E-state index contributed by atoms with van der Waals surface area (Å²) in [6, 6.07) is 1.31. The zero-order valence-electron chi connectivity index (χ0n) is 16.0. The molecule has 1 aliphatic carbocycles. The Labute approximate surface area is 162 Å². The van der Waals surface area contributed by atoms with Crippen molar-refractivity contribution in [2.24, 2.45) is 5.92 Å². The molecule has 1 aliphatic rings. The van der Waals surface area contributed by atoms with Gasteiger partial charge in [0.25, 0.3) is 5.91 Å². The monoisotopic (exact) mass is 391 g/mol. The van der Waals surface area contributed by atoms with Crippen molar-refractivity contribution in [3.8, 4) is 0 Å². The minimum Gasteiger partial charge on any atom is -0.467 e. The van der Waals surface area contributed by atoms with Crippen LogP contribution in [0.4, 0.5) is 0 Å². The van der Waals surface area contributed by atoms with Crippen LogP contribution in [-0.4, -0.2) is 64.4 Å². The van der Waals surface area contributed by atoms with Gasteiger partial charge in [-0.25, -0.2) is 4.79 Å². The van der Waals surface area contributed by atoms with Crippen LogP contribution >= 0.6 is 0 Å². The molecule has 9 heteroatoms. The number of pyridine rings is 1. The molecule has 4 atom stereocenters. The highest BCUT2D eigenvalue weighted by molar-refractivity contribution is 5.97. The molecule has 152 valence electrons. The molecular formula is C19H25N3O6. The highest BCUT2D eigenvalue weighted by Crippen LogP contribution is 2.21. The minimum atomic E-state index is -1.28. The van der Waals surface area contributed by atoms with E-state index >= 15 is 0 Å². The summed E-state index contributed by atoms with van der Waals surface area (Å²) < 4.78 is 4.70. The van der Waals surface area contributed by atoms with Crippen LogP contribution in [0, 0.1) is 5.92 Å².